The number of nitrogens with zero attached hydrogens (tertiary/aromatic N) is 2. The third-order valence-corrected chi connectivity index (χ3v) is 4.30. The molecule has 0 fully saturated rings. The van der Waals surface area contributed by atoms with Gasteiger partial charge in [-0.15, -0.1) is 10.2 Å². The van der Waals surface area contributed by atoms with Crippen molar-refractivity contribution in [1.29, 1.82) is 0 Å². The second-order valence-corrected chi connectivity index (χ2v) is 6.65. The van der Waals surface area contributed by atoms with E-state index in [0.717, 1.165) is 11.3 Å². The molecular formula is C18H17ClN2O3S. The molecule has 0 saturated heterocycles. The highest BCUT2D eigenvalue weighted by atomic mass is 35.5. The highest BCUT2D eigenvalue weighted by molar-refractivity contribution is 7.99. The SMILES string of the molecule is Cc1cccc(OCc2nnc(SCCOc3ccccc3Cl)o2)c1. The Labute approximate surface area is 155 Å². The van der Waals surface area contributed by atoms with Crippen LogP contribution in [-0.4, -0.2) is 22.6 Å². The van der Waals surface area contributed by atoms with E-state index in [9.17, 15) is 0 Å². The lowest BCUT2D eigenvalue weighted by molar-refractivity contribution is 0.252. The summed E-state index contributed by atoms with van der Waals surface area (Å²) in [4.78, 5) is 0. The molecule has 0 N–H and O–H groups in total. The second kappa shape index (κ2) is 8.78. The first kappa shape index (κ1) is 17.6. The maximum atomic E-state index is 6.03. The van der Waals surface area contributed by atoms with E-state index in [1.807, 2.05) is 49.4 Å². The van der Waals surface area contributed by atoms with E-state index < -0.39 is 0 Å². The van der Waals surface area contributed by atoms with E-state index in [2.05, 4.69) is 10.2 Å². The van der Waals surface area contributed by atoms with Crippen LogP contribution in [0.3, 0.4) is 0 Å². The first-order valence-corrected chi connectivity index (χ1v) is 9.09. The summed E-state index contributed by atoms with van der Waals surface area (Å²) in [7, 11) is 0. The van der Waals surface area contributed by atoms with Gasteiger partial charge in [-0.3, -0.25) is 0 Å². The van der Waals surface area contributed by atoms with Crippen molar-refractivity contribution >= 4 is 23.4 Å². The van der Waals surface area contributed by atoms with Crippen LogP contribution in [0.15, 0.2) is 58.2 Å². The second-order valence-electron chi connectivity index (χ2n) is 5.19. The molecule has 1 heterocycles. The van der Waals surface area contributed by atoms with Gasteiger partial charge in [-0.25, -0.2) is 0 Å². The molecule has 2 aromatic carbocycles. The number of aromatic nitrogens is 2. The maximum absolute atomic E-state index is 6.03. The smallest absolute Gasteiger partial charge is 0.276 e. The van der Waals surface area contributed by atoms with Gasteiger partial charge in [0.15, 0.2) is 6.61 Å². The quantitative estimate of drug-likeness (QED) is 0.416. The van der Waals surface area contributed by atoms with Gasteiger partial charge in [-0.2, -0.15) is 0 Å². The number of halogens is 1. The van der Waals surface area contributed by atoms with E-state index in [0.29, 0.717) is 34.2 Å². The summed E-state index contributed by atoms with van der Waals surface area (Å²) in [6.45, 7) is 2.75. The highest BCUT2D eigenvalue weighted by Crippen LogP contribution is 2.24. The Bertz CT molecular complexity index is 825. The Hall–Kier alpha value is -2.18. The van der Waals surface area contributed by atoms with Crippen LogP contribution in [0.2, 0.25) is 5.02 Å². The number of hydrogen-bond donors (Lipinski definition) is 0. The Morgan fingerprint density at radius 3 is 2.80 bits per heavy atom. The fourth-order valence-electron chi connectivity index (χ4n) is 2.05. The lowest BCUT2D eigenvalue weighted by atomic mass is 10.2. The zero-order valence-corrected chi connectivity index (χ0v) is 15.2. The van der Waals surface area contributed by atoms with Gasteiger partial charge in [0, 0.05) is 5.75 Å². The molecule has 25 heavy (non-hydrogen) atoms. The van der Waals surface area contributed by atoms with Crippen molar-refractivity contribution in [2.24, 2.45) is 0 Å². The minimum atomic E-state index is 0.243. The molecule has 3 aromatic rings. The average Bonchev–Trinajstić information content (AvgIpc) is 3.06. The first-order chi connectivity index (χ1) is 12.2. The van der Waals surface area contributed by atoms with E-state index in [-0.39, 0.29) is 6.61 Å². The van der Waals surface area contributed by atoms with Gasteiger partial charge < -0.3 is 13.9 Å². The molecule has 1 aromatic heterocycles. The van der Waals surface area contributed by atoms with Crippen LogP contribution < -0.4 is 9.47 Å². The Morgan fingerprint density at radius 1 is 1.08 bits per heavy atom. The van der Waals surface area contributed by atoms with E-state index in [4.69, 9.17) is 25.5 Å². The normalized spacial score (nSPS) is 10.6. The minimum Gasteiger partial charge on any atom is -0.491 e. The van der Waals surface area contributed by atoms with Crippen LogP contribution in [0.4, 0.5) is 0 Å². The van der Waals surface area contributed by atoms with Crippen molar-refractivity contribution in [1.82, 2.24) is 10.2 Å². The van der Waals surface area contributed by atoms with Crippen molar-refractivity contribution in [3.8, 4) is 11.5 Å². The third-order valence-electron chi connectivity index (χ3n) is 3.20. The largest absolute Gasteiger partial charge is 0.491 e. The van der Waals surface area contributed by atoms with Crippen molar-refractivity contribution in [2.45, 2.75) is 18.8 Å². The molecule has 0 amide bonds. The first-order valence-electron chi connectivity index (χ1n) is 7.73. The zero-order chi connectivity index (χ0) is 17.5. The van der Waals surface area contributed by atoms with Gasteiger partial charge in [0.1, 0.15) is 11.5 Å². The van der Waals surface area contributed by atoms with E-state index >= 15 is 0 Å². The zero-order valence-electron chi connectivity index (χ0n) is 13.6. The fourth-order valence-corrected chi connectivity index (χ4v) is 2.83. The minimum absolute atomic E-state index is 0.243. The summed E-state index contributed by atoms with van der Waals surface area (Å²) in [6.07, 6.45) is 0. The van der Waals surface area contributed by atoms with Crippen molar-refractivity contribution in [3.05, 3.63) is 65.0 Å². The number of ether oxygens (including phenoxy) is 2. The molecule has 5 nitrogen and oxygen atoms in total. The number of aryl methyl sites for hydroxylation is 1. The molecular weight excluding hydrogens is 360 g/mol. The molecule has 3 rings (SSSR count). The monoisotopic (exact) mass is 376 g/mol. The average molecular weight is 377 g/mol. The highest BCUT2D eigenvalue weighted by Gasteiger charge is 2.08. The van der Waals surface area contributed by atoms with Crippen molar-refractivity contribution in [3.63, 3.8) is 0 Å². The molecule has 130 valence electrons. The summed E-state index contributed by atoms with van der Waals surface area (Å²) in [5, 5.41) is 9.06. The number of para-hydroxylation sites is 1. The lowest BCUT2D eigenvalue weighted by Crippen LogP contribution is -2.00. The van der Waals surface area contributed by atoms with Crippen LogP contribution in [0.5, 0.6) is 11.5 Å². The summed E-state index contributed by atoms with van der Waals surface area (Å²) in [5.74, 6) is 2.56. The number of rotatable bonds is 8. The molecule has 0 radical (unpaired) electrons. The molecule has 0 bridgehead atoms. The summed E-state index contributed by atoms with van der Waals surface area (Å²) in [5.41, 5.74) is 1.14. The van der Waals surface area contributed by atoms with E-state index in [1.165, 1.54) is 11.8 Å². The molecule has 0 saturated carbocycles. The molecule has 0 aliphatic heterocycles. The Balaban J connectivity index is 1.42. The lowest BCUT2D eigenvalue weighted by Gasteiger charge is -2.06. The van der Waals surface area contributed by atoms with E-state index in [1.54, 1.807) is 6.07 Å². The molecule has 0 atom stereocenters. The fraction of sp³-hybridized carbons (Fsp3) is 0.222. The molecule has 7 heteroatoms. The van der Waals surface area contributed by atoms with Crippen molar-refractivity contribution in [2.75, 3.05) is 12.4 Å². The summed E-state index contributed by atoms with van der Waals surface area (Å²) < 4.78 is 16.8. The van der Waals surface area contributed by atoms with Gasteiger partial charge in [0.25, 0.3) is 11.1 Å². The molecule has 0 unspecified atom stereocenters. The standard InChI is InChI=1S/C18H17ClN2O3S/c1-13-5-4-6-14(11-13)23-12-17-20-21-18(24-17)25-10-9-22-16-8-3-2-7-15(16)19/h2-8,11H,9-10,12H2,1H3. The van der Waals surface area contributed by atoms with Crippen LogP contribution in [-0.2, 0) is 6.61 Å². The van der Waals surface area contributed by atoms with Crippen molar-refractivity contribution < 1.29 is 13.9 Å². The molecule has 0 aliphatic rings. The topological polar surface area (TPSA) is 57.4 Å². The molecule has 0 aliphatic carbocycles. The third kappa shape index (κ3) is 5.41. The Morgan fingerprint density at radius 2 is 1.96 bits per heavy atom. The predicted molar refractivity (Wildman–Crippen MR) is 97.5 cm³/mol. The predicted octanol–water partition coefficient (Wildman–Crippen LogP) is 4.78. The number of thioether (sulfide) groups is 1. The van der Waals surface area contributed by atoms with Gasteiger partial charge >= 0.3 is 0 Å². The van der Waals surface area contributed by atoms with Crippen LogP contribution in [0.1, 0.15) is 11.5 Å². The van der Waals surface area contributed by atoms with Crippen LogP contribution in [0.25, 0.3) is 0 Å². The number of hydrogen-bond acceptors (Lipinski definition) is 6. The summed E-state index contributed by atoms with van der Waals surface area (Å²) in [6, 6.07) is 15.2. The van der Waals surface area contributed by atoms with Gasteiger partial charge in [-0.1, -0.05) is 47.6 Å². The number of benzene rings is 2. The van der Waals surface area contributed by atoms with Gasteiger partial charge in [-0.05, 0) is 36.8 Å². The Kier molecular flexibility index (Phi) is 6.19. The van der Waals surface area contributed by atoms with Crippen LogP contribution >= 0.6 is 23.4 Å². The van der Waals surface area contributed by atoms with Gasteiger partial charge in [0.2, 0.25) is 0 Å². The molecule has 0 spiro atoms. The maximum Gasteiger partial charge on any atom is 0.276 e. The summed E-state index contributed by atoms with van der Waals surface area (Å²) >= 11 is 7.46. The van der Waals surface area contributed by atoms with Crippen LogP contribution in [0, 0.1) is 6.92 Å². The van der Waals surface area contributed by atoms with Gasteiger partial charge in [0.05, 0.1) is 11.6 Å².